The molecule has 0 aliphatic carbocycles. The van der Waals surface area contributed by atoms with Gasteiger partial charge in [-0.15, -0.1) is 0 Å². The minimum Gasteiger partial charge on any atom is -0.380 e. The zero-order chi connectivity index (χ0) is 13.8. The Balaban J connectivity index is 2.25. The topological polar surface area (TPSA) is 38.5 Å². The average molecular weight is 327 g/mol. The first kappa shape index (κ1) is 15.0. The first-order valence-electron chi connectivity index (χ1n) is 6.94. The van der Waals surface area contributed by atoms with Gasteiger partial charge in [0.25, 0.3) is 0 Å². The summed E-state index contributed by atoms with van der Waals surface area (Å²) >= 11 is 3.66. The summed E-state index contributed by atoms with van der Waals surface area (Å²) in [6, 6.07) is 8.80. The highest BCUT2D eigenvalue weighted by Gasteiger charge is 2.32. The number of hydrogen-bond acceptors (Lipinski definition) is 3. The van der Waals surface area contributed by atoms with E-state index in [0.29, 0.717) is 6.10 Å². The van der Waals surface area contributed by atoms with E-state index < -0.39 is 0 Å². The lowest BCUT2D eigenvalue weighted by molar-refractivity contribution is 0.0970. The van der Waals surface area contributed by atoms with Crippen molar-refractivity contribution < 1.29 is 4.74 Å². The van der Waals surface area contributed by atoms with Crippen molar-refractivity contribution in [1.29, 1.82) is 0 Å². The van der Waals surface area contributed by atoms with Crippen molar-refractivity contribution in [3.63, 3.8) is 0 Å². The fourth-order valence-corrected chi connectivity index (χ4v) is 3.35. The molecule has 2 N–H and O–H groups in total. The van der Waals surface area contributed by atoms with Gasteiger partial charge in [-0.05, 0) is 24.5 Å². The molecule has 0 spiro atoms. The fourth-order valence-electron chi connectivity index (χ4n) is 2.84. The smallest absolute Gasteiger partial charge is 0.0710 e. The molecule has 3 unspecified atom stereocenters. The molecule has 1 heterocycles. The Hall–Kier alpha value is -0.420. The molecular weight excluding hydrogens is 304 g/mol. The molecular formula is C15H23BrN2O. The monoisotopic (exact) mass is 326 g/mol. The summed E-state index contributed by atoms with van der Waals surface area (Å²) < 4.78 is 6.62. The van der Waals surface area contributed by atoms with E-state index in [1.807, 2.05) is 6.07 Å². The van der Waals surface area contributed by atoms with Gasteiger partial charge >= 0.3 is 0 Å². The van der Waals surface area contributed by atoms with Gasteiger partial charge in [-0.2, -0.15) is 0 Å². The predicted molar refractivity (Wildman–Crippen MR) is 82.1 cm³/mol. The molecule has 2 rings (SSSR count). The zero-order valence-electron chi connectivity index (χ0n) is 11.7. The van der Waals surface area contributed by atoms with Crippen molar-refractivity contribution in [2.24, 2.45) is 5.73 Å². The van der Waals surface area contributed by atoms with Crippen LogP contribution in [0.15, 0.2) is 28.7 Å². The number of benzene rings is 1. The average Bonchev–Trinajstić information content (AvgIpc) is 2.89. The van der Waals surface area contributed by atoms with Crippen LogP contribution in [0.4, 0.5) is 0 Å². The van der Waals surface area contributed by atoms with Crippen LogP contribution in [0.3, 0.4) is 0 Å². The maximum atomic E-state index is 6.38. The molecule has 3 nitrogen and oxygen atoms in total. The van der Waals surface area contributed by atoms with Crippen molar-refractivity contribution in [2.45, 2.75) is 38.0 Å². The van der Waals surface area contributed by atoms with E-state index in [2.05, 4.69) is 46.0 Å². The van der Waals surface area contributed by atoms with Crippen molar-refractivity contribution in [3.8, 4) is 0 Å². The van der Waals surface area contributed by atoms with Gasteiger partial charge in [0.15, 0.2) is 0 Å². The van der Waals surface area contributed by atoms with Gasteiger partial charge < -0.3 is 10.5 Å². The second-order valence-electron chi connectivity index (χ2n) is 5.18. The number of methoxy groups -OCH3 is 1. The quantitative estimate of drug-likeness (QED) is 0.904. The third-order valence-electron chi connectivity index (χ3n) is 4.00. The number of ether oxygens (including phenoxy) is 1. The largest absolute Gasteiger partial charge is 0.380 e. The highest BCUT2D eigenvalue weighted by atomic mass is 79.9. The molecule has 1 aliphatic heterocycles. The van der Waals surface area contributed by atoms with Gasteiger partial charge in [0.05, 0.1) is 12.1 Å². The molecule has 1 fully saturated rings. The van der Waals surface area contributed by atoms with E-state index >= 15 is 0 Å². The summed E-state index contributed by atoms with van der Waals surface area (Å²) in [6.45, 7) is 4.17. The fraction of sp³-hybridized carbons (Fsp3) is 0.600. The minimum absolute atomic E-state index is 0.148. The van der Waals surface area contributed by atoms with E-state index in [1.165, 1.54) is 5.56 Å². The first-order chi connectivity index (χ1) is 9.17. The van der Waals surface area contributed by atoms with Crippen LogP contribution < -0.4 is 5.73 Å². The number of hydrogen-bond donors (Lipinski definition) is 1. The summed E-state index contributed by atoms with van der Waals surface area (Å²) in [4.78, 5) is 2.46. The molecule has 106 valence electrons. The maximum Gasteiger partial charge on any atom is 0.0710 e. The number of nitrogens with zero attached hydrogens (tertiary/aromatic N) is 1. The van der Waals surface area contributed by atoms with Crippen molar-refractivity contribution in [1.82, 2.24) is 4.90 Å². The van der Waals surface area contributed by atoms with Crippen LogP contribution in [0.25, 0.3) is 0 Å². The zero-order valence-corrected chi connectivity index (χ0v) is 13.3. The van der Waals surface area contributed by atoms with Gasteiger partial charge in [0, 0.05) is 30.7 Å². The molecule has 1 aliphatic rings. The van der Waals surface area contributed by atoms with Crippen LogP contribution in [0.5, 0.6) is 0 Å². The highest BCUT2D eigenvalue weighted by molar-refractivity contribution is 9.10. The Morgan fingerprint density at radius 3 is 2.79 bits per heavy atom. The van der Waals surface area contributed by atoms with Crippen LogP contribution in [0.2, 0.25) is 0 Å². The minimum atomic E-state index is 0.148. The van der Waals surface area contributed by atoms with Gasteiger partial charge in [-0.3, -0.25) is 4.90 Å². The maximum absolute atomic E-state index is 6.38. The van der Waals surface area contributed by atoms with Crippen molar-refractivity contribution in [3.05, 3.63) is 34.3 Å². The Kier molecular flexibility index (Phi) is 5.39. The van der Waals surface area contributed by atoms with Gasteiger partial charge in [-0.25, -0.2) is 0 Å². The molecule has 0 bridgehead atoms. The van der Waals surface area contributed by atoms with E-state index in [-0.39, 0.29) is 12.1 Å². The molecule has 19 heavy (non-hydrogen) atoms. The number of nitrogens with two attached hydrogens (primary N) is 1. The molecule has 0 saturated carbocycles. The molecule has 1 saturated heterocycles. The first-order valence-corrected chi connectivity index (χ1v) is 7.73. The van der Waals surface area contributed by atoms with E-state index in [4.69, 9.17) is 10.5 Å². The van der Waals surface area contributed by atoms with Crippen molar-refractivity contribution >= 4 is 15.9 Å². The van der Waals surface area contributed by atoms with E-state index in [1.54, 1.807) is 7.11 Å². The second kappa shape index (κ2) is 6.84. The second-order valence-corrected chi connectivity index (χ2v) is 6.03. The van der Waals surface area contributed by atoms with Crippen LogP contribution in [-0.2, 0) is 4.74 Å². The predicted octanol–water partition coefficient (Wildman–Crippen LogP) is 2.95. The summed E-state index contributed by atoms with van der Waals surface area (Å²) in [6.07, 6.45) is 2.41. The summed E-state index contributed by atoms with van der Waals surface area (Å²) in [5, 5.41) is 0. The van der Waals surface area contributed by atoms with Crippen LogP contribution >= 0.6 is 15.9 Å². The lowest BCUT2D eigenvalue weighted by Crippen LogP contribution is -2.40. The third kappa shape index (κ3) is 3.37. The third-order valence-corrected chi connectivity index (χ3v) is 4.73. The highest BCUT2D eigenvalue weighted by Crippen LogP contribution is 2.33. The molecule has 1 aromatic rings. The Morgan fingerprint density at radius 2 is 2.21 bits per heavy atom. The molecule has 3 atom stereocenters. The molecule has 0 aromatic heterocycles. The molecule has 4 heteroatoms. The van der Waals surface area contributed by atoms with E-state index in [9.17, 15) is 0 Å². The Morgan fingerprint density at radius 1 is 1.47 bits per heavy atom. The van der Waals surface area contributed by atoms with Crippen molar-refractivity contribution in [2.75, 3.05) is 20.2 Å². The normalized spacial score (nSPS) is 23.5. The standard InChI is InChI=1S/C15H23BrN2O/c1-3-14(17)15(12-6-4-5-7-13(12)16)18-9-8-11(10-18)19-2/h4-7,11,14-15H,3,8-10,17H2,1-2H3. The van der Waals surface area contributed by atoms with Gasteiger partial charge in [0.1, 0.15) is 0 Å². The Labute approximate surface area is 124 Å². The number of halogens is 1. The number of likely N-dealkylation sites (tertiary alicyclic amines) is 1. The summed E-state index contributed by atoms with van der Waals surface area (Å²) in [7, 11) is 1.79. The van der Waals surface area contributed by atoms with Gasteiger partial charge in [-0.1, -0.05) is 41.1 Å². The summed E-state index contributed by atoms with van der Waals surface area (Å²) in [5.41, 5.74) is 7.67. The lowest BCUT2D eigenvalue weighted by atomic mass is 9.96. The van der Waals surface area contributed by atoms with Crippen LogP contribution in [-0.4, -0.2) is 37.2 Å². The summed E-state index contributed by atoms with van der Waals surface area (Å²) in [5.74, 6) is 0. The van der Waals surface area contributed by atoms with Gasteiger partial charge in [0.2, 0.25) is 0 Å². The Bertz CT molecular complexity index is 413. The molecule has 0 radical (unpaired) electrons. The SMILES string of the molecule is CCC(N)C(c1ccccc1Br)N1CCC(OC)C1. The molecule has 1 aromatic carbocycles. The molecule has 0 amide bonds. The van der Waals surface area contributed by atoms with Crippen LogP contribution in [0.1, 0.15) is 31.4 Å². The van der Waals surface area contributed by atoms with Crippen LogP contribution in [0, 0.1) is 0 Å². The number of rotatable bonds is 5. The lowest BCUT2D eigenvalue weighted by Gasteiger charge is -2.33. The van der Waals surface area contributed by atoms with E-state index in [0.717, 1.165) is 30.4 Å².